The van der Waals surface area contributed by atoms with Crippen LogP contribution in [0.15, 0.2) is 17.3 Å². The second-order valence-electron chi connectivity index (χ2n) is 4.83. The van der Waals surface area contributed by atoms with Crippen LogP contribution in [0.3, 0.4) is 0 Å². The molecule has 0 heterocycles. The van der Waals surface area contributed by atoms with Crippen LogP contribution in [-0.4, -0.2) is 30.6 Å². The Hall–Kier alpha value is -1.42. The number of nitrogens with zero attached hydrogens (tertiary/aromatic N) is 2. The van der Waals surface area contributed by atoms with E-state index in [1.165, 1.54) is 0 Å². The molecular formula is C15H24N2O2. The molecule has 1 rings (SSSR count). The van der Waals surface area contributed by atoms with Crippen LogP contribution in [0, 0.1) is 18.8 Å². The SMILES string of the molecule is CCN(CC)C(C)COc1c(C)ccc(N=O)c1C. The number of ether oxygens (including phenoxy) is 1. The molecule has 0 spiro atoms. The van der Waals surface area contributed by atoms with Gasteiger partial charge in [0.25, 0.3) is 0 Å². The maximum absolute atomic E-state index is 10.7. The highest BCUT2D eigenvalue weighted by Crippen LogP contribution is 2.31. The van der Waals surface area contributed by atoms with Crippen LogP contribution < -0.4 is 4.74 Å². The molecule has 0 saturated carbocycles. The fourth-order valence-corrected chi connectivity index (χ4v) is 2.29. The van der Waals surface area contributed by atoms with Gasteiger partial charge in [0.2, 0.25) is 0 Å². The summed E-state index contributed by atoms with van der Waals surface area (Å²) in [5.41, 5.74) is 2.31. The third kappa shape index (κ3) is 3.77. The smallest absolute Gasteiger partial charge is 0.127 e. The van der Waals surface area contributed by atoms with Crippen LogP contribution in [-0.2, 0) is 0 Å². The van der Waals surface area contributed by atoms with Crippen molar-refractivity contribution in [2.24, 2.45) is 5.18 Å². The van der Waals surface area contributed by atoms with E-state index in [1.807, 2.05) is 19.9 Å². The normalized spacial score (nSPS) is 12.5. The van der Waals surface area contributed by atoms with E-state index in [4.69, 9.17) is 4.74 Å². The first kappa shape index (κ1) is 15.6. The van der Waals surface area contributed by atoms with Crippen LogP contribution in [0.4, 0.5) is 5.69 Å². The first-order valence-electron chi connectivity index (χ1n) is 6.85. The summed E-state index contributed by atoms with van der Waals surface area (Å²) >= 11 is 0. The molecule has 1 aromatic carbocycles. The summed E-state index contributed by atoms with van der Waals surface area (Å²) in [6.07, 6.45) is 0. The van der Waals surface area contributed by atoms with Crippen LogP contribution in [0.25, 0.3) is 0 Å². The standard InChI is InChI=1S/C15H24N2O2/c1-6-17(7-2)12(4)10-19-15-11(3)8-9-14(16-18)13(15)5/h8-9,12H,6-7,10H2,1-5H3. The topological polar surface area (TPSA) is 41.9 Å². The van der Waals surface area contributed by atoms with Crippen molar-refractivity contribution in [3.8, 4) is 5.75 Å². The molecule has 0 bridgehead atoms. The number of hydrogen-bond acceptors (Lipinski definition) is 4. The maximum atomic E-state index is 10.7. The van der Waals surface area contributed by atoms with E-state index < -0.39 is 0 Å². The van der Waals surface area contributed by atoms with Crippen molar-refractivity contribution in [2.75, 3.05) is 19.7 Å². The summed E-state index contributed by atoms with van der Waals surface area (Å²) in [6.45, 7) is 12.9. The second kappa shape index (κ2) is 7.24. The number of nitroso groups, excluding NO2 is 1. The molecule has 0 saturated heterocycles. The van der Waals surface area contributed by atoms with Crippen LogP contribution in [0.2, 0.25) is 0 Å². The molecule has 1 unspecified atom stereocenters. The quantitative estimate of drug-likeness (QED) is 0.703. The Morgan fingerprint density at radius 2 is 1.89 bits per heavy atom. The largest absolute Gasteiger partial charge is 0.491 e. The van der Waals surface area contributed by atoms with Crippen molar-refractivity contribution in [1.29, 1.82) is 0 Å². The van der Waals surface area contributed by atoms with Gasteiger partial charge in [0.1, 0.15) is 18.0 Å². The average molecular weight is 264 g/mol. The Labute approximate surface area is 115 Å². The Balaban J connectivity index is 2.80. The zero-order valence-corrected chi connectivity index (χ0v) is 12.6. The lowest BCUT2D eigenvalue weighted by Crippen LogP contribution is -2.37. The lowest BCUT2D eigenvalue weighted by Gasteiger charge is -2.26. The van der Waals surface area contributed by atoms with Crippen LogP contribution >= 0.6 is 0 Å². The van der Waals surface area contributed by atoms with E-state index in [0.717, 1.165) is 30.0 Å². The molecule has 0 aliphatic rings. The lowest BCUT2D eigenvalue weighted by molar-refractivity contribution is 0.157. The molecule has 0 fully saturated rings. The van der Waals surface area contributed by atoms with Gasteiger partial charge in [-0.05, 0) is 50.7 Å². The molecule has 0 amide bonds. The van der Waals surface area contributed by atoms with Gasteiger partial charge in [-0.3, -0.25) is 4.90 Å². The minimum absolute atomic E-state index is 0.349. The van der Waals surface area contributed by atoms with Gasteiger partial charge in [-0.2, -0.15) is 0 Å². The summed E-state index contributed by atoms with van der Waals surface area (Å²) in [4.78, 5) is 13.1. The third-order valence-electron chi connectivity index (χ3n) is 3.58. The predicted molar refractivity (Wildman–Crippen MR) is 79.2 cm³/mol. The first-order chi connectivity index (χ1) is 9.04. The van der Waals surface area contributed by atoms with E-state index in [-0.39, 0.29) is 0 Å². The minimum Gasteiger partial charge on any atom is -0.491 e. The molecule has 0 aromatic heterocycles. The van der Waals surface area contributed by atoms with Crippen molar-refractivity contribution in [1.82, 2.24) is 4.90 Å². The molecule has 0 radical (unpaired) electrons. The molecule has 19 heavy (non-hydrogen) atoms. The Bertz CT molecular complexity index is 428. The van der Waals surface area contributed by atoms with Crippen LogP contribution in [0.5, 0.6) is 5.75 Å². The zero-order valence-electron chi connectivity index (χ0n) is 12.6. The van der Waals surface area contributed by atoms with E-state index in [1.54, 1.807) is 6.07 Å². The van der Waals surface area contributed by atoms with Crippen molar-refractivity contribution in [3.63, 3.8) is 0 Å². The summed E-state index contributed by atoms with van der Waals surface area (Å²) in [5, 5.41) is 3.03. The number of likely N-dealkylation sites (N-methyl/N-ethyl adjacent to an activating group) is 1. The molecule has 0 aliphatic carbocycles. The van der Waals surface area contributed by atoms with E-state index in [0.29, 0.717) is 18.3 Å². The summed E-state index contributed by atoms with van der Waals surface area (Å²) in [7, 11) is 0. The van der Waals surface area contributed by atoms with E-state index in [9.17, 15) is 4.91 Å². The highest BCUT2D eigenvalue weighted by atomic mass is 16.5. The van der Waals surface area contributed by atoms with Gasteiger partial charge in [-0.1, -0.05) is 19.9 Å². The monoisotopic (exact) mass is 264 g/mol. The van der Waals surface area contributed by atoms with Crippen molar-refractivity contribution < 1.29 is 4.74 Å². The number of benzene rings is 1. The van der Waals surface area contributed by atoms with Crippen molar-refractivity contribution >= 4 is 5.69 Å². The van der Waals surface area contributed by atoms with E-state index >= 15 is 0 Å². The molecule has 0 N–H and O–H groups in total. The lowest BCUT2D eigenvalue weighted by atomic mass is 10.1. The van der Waals surface area contributed by atoms with Gasteiger partial charge >= 0.3 is 0 Å². The fraction of sp³-hybridized carbons (Fsp3) is 0.600. The third-order valence-corrected chi connectivity index (χ3v) is 3.58. The summed E-state index contributed by atoms with van der Waals surface area (Å²) in [6, 6.07) is 3.96. The highest BCUT2D eigenvalue weighted by molar-refractivity contribution is 5.56. The van der Waals surface area contributed by atoms with Gasteiger partial charge in [0.05, 0.1) is 0 Å². The van der Waals surface area contributed by atoms with Gasteiger partial charge in [0, 0.05) is 11.6 Å². The molecule has 106 valence electrons. The van der Waals surface area contributed by atoms with Gasteiger partial charge in [0.15, 0.2) is 0 Å². The number of aryl methyl sites for hydroxylation is 1. The van der Waals surface area contributed by atoms with Gasteiger partial charge in [-0.25, -0.2) is 0 Å². The number of hydrogen-bond donors (Lipinski definition) is 0. The summed E-state index contributed by atoms with van der Waals surface area (Å²) in [5.74, 6) is 0.788. The first-order valence-corrected chi connectivity index (χ1v) is 6.85. The van der Waals surface area contributed by atoms with Gasteiger partial charge < -0.3 is 4.74 Å². The van der Waals surface area contributed by atoms with E-state index in [2.05, 4.69) is 30.8 Å². The Morgan fingerprint density at radius 3 is 2.42 bits per heavy atom. The molecule has 1 aromatic rings. The fourth-order valence-electron chi connectivity index (χ4n) is 2.29. The predicted octanol–water partition coefficient (Wildman–Crippen LogP) is 3.81. The zero-order chi connectivity index (χ0) is 14.4. The molecular weight excluding hydrogens is 240 g/mol. The van der Waals surface area contributed by atoms with Gasteiger partial charge in [-0.15, -0.1) is 4.91 Å². The van der Waals surface area contributed by atoms with Crippen molar-refractivity contribution in [3.05, 3.63) is 28.2 Å². The number of rotatable bonds is 7. The van der Waals surface area contributed by atoms with Crippen LogP contribution in [0.1, 0.15) is 31.9 Å². The minimum atomic E-state index is 0.349. The molecule has 4 heteroatoms. The molecule has 4 nitrogen and oxygen atoms in total. The Morgan fingerprint density at radius 1 is 1.26 bits per heavy atom. The Kier molecular flexibility index (Phi) is 5.96. The summed E-state index contributed by atoms with van der Waals surface area (Å²) < 4.78 is 5.92. The maximum Gasteiger partial charge on any atom is 0.127 e. The highest BCUT2D eigenvalue weighted by Gasteiger charge is 2.14. The molecule has 1 atom stereocenters. The average Bonchev–Trinajstić information content (AvgIpc) is 2.40. The second-order valence-corrected chi connectivity index (χ2v) is 4.83. The molecule has 0 aliphatic heterocycles. The van der Waals surface area contributed by atoms with Crippen molar-refractivity contribution in [2.45, 2.75) is 40.7 Å².